The first-order valence-corrected chi connectivity index (χ1v) is 9.12. The molecule has 2 rings (SSSR count). The summed E-state index contributed by atoms with van der Waals surface area (Å²) in [6, 6.07) is 6.00. The van der Waals surface area contributed by atoms with Crippen molar-refractivity contribution >= 4 is 27.3 Å². The number of nitrogens with one attached hydrogen (secondary N) is 1. The molecule has 8 heteroatoms. The number of carbonyl (C=O) groups excluding carboxylic acids is 1. The Morgan fingerprint density at radius 2 is 1.83 bits per heavy atom. The van der Waals surface area contributed by atoms with Gasteiger partial charge < -0.3 is 5.32 Å². The van der Waals surface area contributed by atoms with Gasteiger partial charge in [0.05, 0.1) is 21.5 Å². The smallest absolute Gasteiger partial charge is 0.253 e. The van der Waals surface area contributed by atoms with Gasteiger partial charge in [-0.2, -0.15) is 0 Å². The van der Waals surface area contributed by atoms with Crippen LogP contribution in [0.5, 0.6) is 0 Å². The number of benzene rings is 2. The first-order chi connectivity index (χ1) is 11.1. The maximum absolute atomic E-state index is 13.8. The van der Waals surface area contributed by atoms with E-state index in [9.17, 15) is 22.0 Å². The van der Waals surface area contributed by atoms with E-state index in [0.29, 0.717) is 0 Å². The monoisotopic (exact) mass is 373 g/mol. The van der Waals surface area contributed by atoms with Crippen molar-refractivity contribution in [3.63, 3.8) is 0 Å². The molecule has 0 spiro atoms. The van der Waals surface area contributed by atoms with E-state index in [-0.39, 0.29) is 21.0 Å². The topological polar surface area (TPSA) is 63.2 Å². The van der Waals surface area contributed by atoms with Gasteiger partial charge in [0.2, 0.25) is 0 Å². The summed E-state index contributed by atoms with van der Waals surface area (Å²) in [5.41, 5.74) is 0.0501. The van der Waals surface area contributed by atoms with E-state index in [2.05, 4.69) is 5.32 Å². The molecule has 128 valence electrons. The molecule has 4 nitrogen and oxygen atoms in total. The molecule has 0 aliphatic carbocycles. The van der Waals surface area contributed by atoms with Crippen LogP contribution in [-0.2, 0) is 9.84 Å². The number of rotatable bonds is 4. The Balaban J connectivity index is 2.29. The van der Waals surface area contributed by atoms with Crippen molar-refractivity contribution in [2.75, 3.05) is 6.26 Å². The molecule has 1 amide bonds. The average Bonchev–Trinajstić information content (AvgIpc) is 2.45. The van der Waals surface area contributed by atoms with Gasteiger partial charge in [0.1, 0.15) is 11.6 Å². The fourth-order valence-corrected chi connectivity index (χ4v) is 2.96. The van der Waals surface area contributed by atoms with E-state index >= 15 is 0 Å². The quantitative estimate of drug-likeness (QED) is 0.892. The minimum absolute atomic E-state index is 0.0473. The summed E-state index contributed by atoms with van der Waals surface area (Å²) in [6.07, 6.45) is 1.01. The number of carbonyl (C=O) groups is 1. The molecule has 2 aromatic rings. The minimum Gasteiger partial charge on any atom is -0.345 e. The van der Waals surface area contributed by atoms with Crippen LogP contribution in [0.25, 0.3) is 0 Å². The Kier molecular flexibility index (Phi) is 5.25. The lowest BCUT2D eigenvalue weighted by molar-refractivity contribution is 0.0939. The summed E-state index contributed by atoms with van der Waals surface area (Å²) in [5.74, 6) is -2.18. The van der Waals surface area contributed by atoms with Crippen LogP contribution < -0.4 is 5.32 Å². The van der Waals surface area contributed by atoms with Crippen LogP contribution in [0.2, 0.25) is 5.02 Å². The SMILES string of the molecule is CC(NC(=O)c1cc(S(C)(=O)=O)ccc1Cl)c1ccc(F)cc1F. The molecule has 1 N–H and O–H groups in total. The summed E-state index contributed by atoms with van der Waals surface area (Å²) in [5, 5.41) is 2.57. The lowest BCUT2D eigenvalue weighted by Gasteiger charge is -2.16. The summed E-state index contributed by atoms with van der Waals surface area (Å²) in [6.45, 7) is 1.52. The molecule has 0 aliphatic rings. The molecule has 0 bridgehead atoms. The van der Waals surface area contributed by atoms with Crippen molar-refractivity contribution in [3.8, 4) is 0 Å². The average molecular weight is 374 g/mol. The van der Waals surface area contributed by atoms with Crippen molar-refractivity contribution in [1.82, 2.24) is 5.32 Å². The molecule has 0 aliphatic heterocycles. The second-order valence-electron chi connectivity index (χ2n) is 5.27. The molecule has 1 atom stereocenters. The van der Waals surface area contributed by atoms with Crippen molar-refractivity contribution < 1.29 is 22.0 Å². The molecule has 2 aromatic carbocycles. The Bertz CT molecular complexity index is 900. The highest BCUT2D eigenvalue weighted by molar-refractivity contribution is 7.90. The van der Waals surface area contributed by atoms with Gasteiger partial charge in [-0.3, -0.25) is 4.79 Å². The second kappa shape index (κ2) is 6.86. The van der Waals surface area contributed by atoms with Crippen LogP contribution in [0, 0.1) is 11.6 Å². The first kappa shape index (κ1) is 18.4. The van der Waals surface area contributed by atoms with Crippen LogP contribution in [0.4, 0.5) is 8.78 Å². The predicted octanol–water partition coefficient (Wildman–Crippen LogP) is 3.51. The third-order valence-corrected chi connectivity index (χ3v) is 4.83. The number of sulfone groups is 1. The Morgan fingerprint density at radius 1 is 1.17 bits per heavy atom. The Labute approximate surface area is 143 Å². The maximum atomic E-state index is 13.8. The standard InChI is InChI=1S/C16H14ClF2NO3S/c1-9(12-5-3-10(18)7-15(12)19)20-16(21)13-8-11(24(2,22)23)4-6-14(13)17/h3-9H,1-2H3,(H,20,21). The van der Waals surface area contributed by atoms with E-state index in [1.807, 2.05) is 0 Å². The van der Waals surface area contributed by atoms with Crippen molar-refractivity contribution in [2.45, 2.75) is 17.9 Å². The highest BCUT2D eigenvalue weighted by Crippen LogP contribution is 2.23. The summed E-state index contributed by atoms with van der Waals surface area (Å²) in [4.78, 5) is 12.3. The van der Waals surface area contributed by atoms with Crippen molar-refractivity contribution in [3.05, 3.63) is 64.2 Å². The van der Waals surface area contributed by atoms with Gasteiger partial charge in [-0.1, -0.05) is 17.7 Å². The third kappa shape index (κ3) is 4.10. The normalized spacial score (nSPS) is 12.7. The molecule has 0 aromatic heterocycles. The number of halogens is 3. The van der Waals surface area contributed by atoms with Gasteiger partial charge in [0, 0.05) is 17.9 Å². The van der Waals surface area contributed by atoms with Crippen molar-refractivity contribution in [1.29, 1.82) is 0 Å². The highest BCUT2D eigenvalue weighted by Gasteiger charge is 2.19. The summed E-state index contributed by atoms with van der Waals surface area (Å²) < 4.78 is 49.9. The molecule has 1 unspecified atom stereocenters. The summed E-state index contributed by atoms with van der Waals surface area (Å²) in [7, 11) is -3.51. The van der Waals surface area contributed by atoms with Crippen LogP contribution in [0.15, 0.2) is 41.3 Å². The minimum atomic E-state index is -3.51. The maximum Gasteiger partial charge on any atom is 0.253 e. The van der Waals surface area contributed by atoms with E-state index in [1.165, 1.54) is 25.1 Å². The van der Waals surface area contributed by atoms with Gasteiger partial charge in [-0.15, -0.1) is 0 Å². The highest BCUT2D eigenvalue weighted by atomic mass is 35.5. The molecule has 0 saturated carbocycles. The zero-order chi connectivity index (χ0) is 18.1. The molecule has 0 heterocycles. The van der Waals surface area contributed by atoms with Gasteiger partial charge >= 0.3 is 0 Å². The van der Waals surface area contributed by atoms with E-state index in [1.54, 1.807) is 0 Å². The number of hydrogen-bond donors (Lipinski definition) is 1. The molecule has 0 saturated heterocycles. The Morgan fingerprint density at radius 3 is 2.42 bits per heavy atom. The molecule has 0 fully saturated rings. The van der Waals surface area contributed by atoms with Crippen LogP contribution in [-0.4, -0.2) is 20.6 Å². The van der Waals surface area contributed by atoms with E-state index < -0.39 is 33.4 Å². The fraction of sp³-hybridized carbons (Fsp3) is 0.188. The van der Waals surface area contributed by atoms with Gasteiger partial charge in [-0.25, -0.2) is 17.2 Å². The third-order valence-electron chi connectivity index (χ3n) is 3.39. The lowest BCUT2D eigenvalue weighted by Crippen LogP contribution is -2.27. The van der Waals surface area contributed by atoms with Crippen LogP contribution in [0.3, 0.4) is 0 Å². The van der Waals surface area contributed by atoms with Gasteiger partial charge in [-0.05, 0) is 31.2 Å². The first-order valence-electron chi connectivity index (χ1n) is 6.85. The van der Waals surface area contributed by atoms with Gasteiger partial charge in [0.15, 0.2) is 9.84 Å². The predicted molar refractivity (Wildman–Crippen MR) is 86.8 cm³/mol. The largest absolute Gasteiger partial charge is 0.345 e. The fourth-order valence-electron chi connectivity index (χ4n) is 2.11. The molecular formula is C16H14ClF2NO3S. The Hall–Kier alpha value is -1.99. The number of amides is 1. The van der Waals surface area contributed by atoms with E-state index in [0.717, 1.165) is 24.5 Å². The lowest BCUT2D eigenvalue weighted by atomic mass is 10.1. The second-order valence-corrected chi connectivity index (χ2v) is 7.70. The van der Waals surface area contributed by atoms with Crippen LogP contribution in [0.1, 0.15) is 28.9 Å². The van der Waals surface area contributed by atoms with Gasteiger partial charge in [0.25, 0.3) is 5.91 Å². The van der Waals surface area contributed by atoms with Crippen molar-refractivity contribution in [2.24, 2.45) is 0 Å². The molecule has 24 heavy (non-hydrogen) atoms. The van der Waals surface area contributed by atoms with Crippen LogP contribution >= 0.6 is 11.6 Å². The molecule has 0 radical (unpaired) electrons. The van der Waals surface area contributed by atoms with E-state index in [4.69, 9.17) is 11.6 Å². The summed E-state index contributed by atoms with van der Waals surface area (Å²) >= 11 is 5.94. The number of hydrogen-bond acceptors (Lipinski definition) is 3. The zero-order valence-electron chi connectivity index (χ0n) is 12.8. The molecular weight excluding hydrogens is 360 g/mol. The zero-order valence-corrected chi connectivity index (χ0v) is 14.4.